The number of likely N-dealkylation sites (tertiary alicyclic amines) is 1. The molecule has 0 spiro atoms. The molecule has 1 unspecified atom stereocenters. The van der Waals surface area contributed by atoms with Crippen molar-refractivity contribution < 1.29 is 4.42 Å². The van der Waals surface area contributed by atoms with E-state index in [1.165, 1.54) is 25.9 Å². The molecular formula is C13H23N3O. The Morgan fingerprint density at radius 2 is 2.24 bits per heavy atom. The van der Waals surface area contributed by atoms with E-state index in [0.717, 1.165) is 18.1 Å². The van der Waals surface area contributed by atoms with Gasteiger partial charge in [0.15, 0.2) is 5.89 Å². The lowest BCUT2D eigenvalue weighted by molar-refractivity contribution is 0.208. The van der Waals surface area contributed by atoms with Crippen molar-refractivity contribution in [3.63, 3.8) is 0 Å². The van der Waals surface area contributed by atoms with Gasteiger partial charge in [-0.25, -0.2) is 4.98 Å². The molecule has 2 heterocycles. The van der Waals surface area contributed by atoms with Crippen LogP contribution in [-0.4, -0.2) is 36.6 Å². The van der Waals surface area contributed by atoms with Crippen molar-refractivity contribution in [2.75, 3.05) is 26.7 Å². The van der Waals surface area contributed by atoms with Crippen LogP contribution in [0.3, 0.4) is 0 Å². The molecule has 1 aliphatic heterocycles. The van der Waals surface area contributed by atoms with Gasteiger partial charge in [-0.1, -0.05) is 6.92 Å². The molecule has 1 aromatic heterocycles. The number of hydrogen-bond donors (Lipinski definition) is 1. The Labute approximate surface area is 103 Å². The summed E-state index contributed by atoms with van der Waals surface area (Å²) in [6.07, 6.45) is 4.13. The fraction of sp³-hybridized carbons (Fsp3) is 0.769. The smallest absolute Gasteiger partial charge is 0.197 e. The molecule has 1 saturated heterocycles. The number of rotatable bonds is 4. The van der Waals surface area contributed by atoms with E-state index in [-0.39, 0.29) is 6.04 Å². The van der Waals surface area contributed by atoms with Crippen LogP contribution in [-0.2, 0) is 0 Å². The third kappa shape index (κ3) is 2.87. The molecular weight excluding hydrogens is 214 g/mol. The van der Waals surface area contributed by atoms with Gasteiger partial charge < -0.3 is 14.6 Å². The van der Waals surface area contributed by atoms with Gasteiger partial charge in [0.25, 0.3) is 0 Å². The molecule has 0 amide bonds. The van der Waals surface area contributed by atoms with Crippen molar-refractivity contribution in [3.05, 3.63) is 17.8 Å². The third-order valence-corrected chi connectivity index (χ3v) is 3.80. The van der Waals surface area contributed by atoms with Gasteiger partial charge in [-0.3, -0.25) is 0 Å². The van der Waals surface area contributed by atoms with E-state index in [1.54, 1.807) is 6.26 Å². The molecule has 17 heavy (non-hydrogen) atoms. The first-order valence-corrected chi connectivity index (χ1v) is 6.59. The fourth-order valence-electron chi connectivity index (χ4n) is 2.33. The van der Waals surface area contributed by atoms with Gasteiger partial charge in [0.2, 0.25) is 0 Å². The summed E-state index contributed by atoms with van der Waals surface area (Å²) in [6.45, 7) is 7.81. The second kappa shape index (κ2) is 5.65. The van der Waals surface area contributed by atoms with Crippen molar-refractivity contribution >= 4 is 0 Å². The molecule has 2 rings (SSSR count). The van der Waals surface area contributed by atoms with Crippen LogP contribution in [0.1, 0.15) is 50.2 Å². The van der Waals surface area contributed by atoms with Gasteiger partial charge >= 0.3 is 0 Å². The maximum Gasteiger partial charge on any atom is 0.197 e. The molecule has 1 N–H and O–H groups in total. The Kier molecular flexibility index (Phi) is 4.18. The summed E-state index contributed by atoms with van der Waals surface area (Å²) in [5.74, 6) is 1.44. The summed E-state index contributed by atoms with van der Waals surface area (Å²) in [5, 5.41) is 3.18. The fourth-order valence-corrected chi connectivity index (χ4v) is 2.33. The van der Waals surface area contributed by atoms with Gasteiger partial charge in [-0.2, -0.15) is 0 Å². The average molecular weight is 237 g/mol. The van der Waals surface area contributed by atoms with Gasteiger partial charge in [-0.05, 0) is 46.4 Å². The molecule has 0 aromatic carbocycles. The number of nitrogens with zero attached hydrogens (tertiary/aromatic N) is 2. The van der Waals surface area contributed by atoms with Crippen molar-refractivity contribution in [2.24, 2.45) is 0 Å². The number of oxazole rings is 1. The van der Waals surface area contributed by atoms with E-state index in [4.69, 9.17) is 4.42 Å². The van der Waals surface area contributed by atoms with Crippen molar-refractivity contribution in [3.8, 4) is 0 Å². The normalized spacial score (nSPS) is 20.6. The molecule has 4 heteroatoms. The van der Waals surface area contributed by atoms with Crippen LogP contribution in [0.25, 0.3) is 0 Å². The Hall–Kier alpha value is -0.870. The molecule has 1 aromatic rings. The van der Waals surface area contributed by atoms with Crippen LogP contribution in [0.2, 0.25) is 0 Å². The number of piperidine rings is 1. The van der Waals surface area contributed by atoms with E-state index in [9.17, 15) is 0 Å². The molecule has 96 valence electrons. The first kappa shape index (κ1) is 12.6. The summed E-state index contributed by atoms with van der Waals surface area (Å²) in [7, 11) is 1.94. The van der Waals surface area contributed by atoms with Crippen LogP contribution in [0.5, 0.6) is 0 Å². The SMILES string of the molecule is CCN1CCC(c2nc(C(C)NC)co2)CC1. The van der Waals surface area contributed by atoms with Crippen LogP contribution in [0, 0.1) is 0 Å². The monoisotopic (exact) mass is 237 g/mol. The topological polar surface area (TPSA) is 41.3 Å². The lowest BCUT2D eigenvalue weighted by Crippen LogP contribution is -2.32. The maximum atomic E-state index is 5.63. The zero-order chi connectivity index (χ0) is 12.3. The molecule has 0 radical (unpaired) electrons. The largest absolute Gasteiger partial charge is 0.448 e. The lowest BCUT2D eigenvalue weighted by atomic mass is 9.97. The first-order chi connectivity index (χ1) is 8.24. The van der Waals surface area contributed by atoms with Crippen molar-refractivity contribution in [1.29, 1.82) is 0 Å². The van der Waals surface area contributed by atoms with Gasteiger partial charge in [0, 0.05) is 12.0 Å². The standard InChI is InChI=1S/C13H23N3O/c1-4-16-7-5-11(6-8-16)13-15-12(9-17-13)10(2)14-3/h9-11,14H,4-8H2,1-3H3. The molecule has 4 nitrogen and oxygen atoms in total. The van der Waals surface area contributed by atoms with Crippen molar-refractivity contribution in [1.82, 2.24) is 15.2 Å². The second-order valence-corrected chi connectivity index (χ2v) is 4.83. The zero-order valence-corrected chi connectivity index (χ0v) is 11.1. The highest BCUT2D eigenvalue weighted by Gasteiger charge is 2.24. The molecule has 1 aliphatic rings. The lowest BCUT2D eigenvalue weighted by Gasteiger charge is -2.29. The van der Waals surface area contributed by atoms with E-state index >= 15 is 0 Å². The summed E-state index contributed by atoms with van der Waals surface area (Å²) >= 11 is 0. The van der Waals surface area contributed by atoms with Crippen molar-refractivity contribution in [2.45, 2.75) is 38.6 Å². The minimum atomic E-state index is 0.267. The summed E-state index contributed by atoms with van der Waals surface area (Å²) in [6, 6.07) is 0.267. The Bertz CT molecular complexity index is 342. The molecule has 0 aliphatic carbocycles. The summed E-state index contributed by atoms with van der Waals surface area (Å²) in [4.78, 5) is 7.09. The second-order valence-electron chi connectivity index (χ2n) is 4.83. The number of hydrogen-bond acceptors (Lipinski definition) is 4. The van der Waals surface area contributed by atoms with E-state index in [1.807, 2.05) is 7.05 Å². The van der Waals surface area contributed by atoms with Crippen LogP contribution < -0.4 is 5.32 Å². The number of aromatic nitrogens is 1. The molecule has 0 saturated carbocycles. The van der Waals surface area contributed by atoms with E-state index < -0.39 is 0 Å². The summed E-state index contributed by atoms with van der Waals surface area (Å²) in [5.41, 5.74) is 1.01. The zero-order valence-electron chi connectivity index (χ0n) is 11.1. The van der Waals surface area contributed by atoms with Crippen LogP contribution in [0.15, 0.2) is 10.7 Å². The van der Waals surface area contributed by atoms with Gasteiger partial charge in [-0.15, -0.1) is 0 Å². The summed E-state index contributed by atoms with van der Waals surface area (Å²) < 4.78 is 5.63. The first-order valence-electron chi connectivity index (χ1n) is 6.59. The Balaban J connectivity index is 1.97. The predicted octanol–water partition coefficient (Wildman–Crippen LogP) is 2.15. The molecule has 1 fully saturated rings. The molecule has 0 bridgehead atoms. The minimum Gasteiger partial charge on any atom is -0.448 e. The average Bonchev–Trinajstić information content (AvgIpc) is 2.87. The van der Waals surface area contributed by atoms with Crippen LogP contribution >= 0.6 is 0 Å². The van der Waals surface area contributed by atoms with E-state index in [0.29, 0.717) is 5.92 Å². The minimum absolute atomic E-state index is 0.267. The van der Waals surface area contributed by atoms with Gasteiger partial charge in [0.1, 0.15) is 6.26 Å². The highest BCUT2D eigenvalue weighted by atomic mass is 16.3. The highest BCUT2D eigenvalue weighted by molar-refractivity contribution is 5.05. The maximum absolute atomic E-state index is 5.63. The van der Waals surface area contributed by atoms with E-state index in [2.05, 4.69) is 29.0 Å². The number of nitrogens with one attached hydrogen (secondary N) is 1. The van der Waals surface area contributed by atoms with Gasteiger partial charge in [0.05, 0.1) is 5.69 Å². The Morgan fingerprint density at radius 3 is 2.82 bits per heavy atom. The highest BCUT2D eigenvalue weighted by Crippen LogP contribution is 2.28. The quantitative estimate of drug-likeness (QED) is 0.871. The molecule has 1 atom stereocenters. The Morgan fingerprint density at radius 1 is 1.53 bits per heavy atom. The van der Waals surface area contributed by atoms with Crippen LogP contribution in [0.4, 0.5) is 0 Å². The third-order valence-electron chi connectivity index (χ3n) is 3.80. The predicted molar refractivity (Wildman–Crippen MR) is 68.1 cm³/mol.